The number of benzene rings is 1. The number of halogens is 3. The molecule has 0 aromatic heterocycles. The predicted molar refractivity (Wildman–Crippen MR) is 56.0 cm³/mol. The number of primary amides is 1. The first-order valence-corrected chi connectivity index (χ1v) is 4.76. The van der Waals surface area contributed by atoms with Crippen LogP contribution in [-0.2, 0) is 11.0 Å². The van der Waals surface area contributed by atoms with Gasteiger partial charge in [0, 0.05) is 5.69 Å². The zero-order chi connectivity index (χ0) is 14.1. The number of hydrogen-bond donors (Lipinski definition) is 4. The standard InChI is InChI=1S/C10H11F3N2O3/c11-10(12,13)5-3-4(1-2-6(5)14)7(16)8(17)9(15)18/h1-3,7-8,16-17H,14H2,(H2,15,18). The third-order valence-corrected chi connectivity index (χ3v) is 2.31. The molecule has 6 N–H and O–H groups in total. The summed E-state index contributed by atoms with van der Waals surface area (Å²) in [7, 11) is 0. The summed E-state index contributed by atoms with van der Waals surface area (Å²) in [5.41, 5.74) is 7.91. The molecule has 100 valence electrons. The average Bonchev–Trinajstić information content (AvgIpc) is 2.26. The quantitative estimate of drug-likeness (QED) is 0.583. The summed E-state index contributed by atoms with van der Waals surface area (Å²) >= 11 is 0. The van der Waals surface area contributed by atoms with Crippen molar-refractivity contribution < 1.29 is 28.2 Å². The first-order valence-electron chi connectivity index (χ1n) is 4.76. The lowest BCUT2D eigenvalue weighted by Crippen LogP contribution is -2.34. The molecule has 2 atom stereocenters. The van der Waals surface area contributed by atoms with Crippen LogP contribution in [0.5, 0.6) is 0 Å². The Hall–Kier alpha value is -1.80. The highest BCUT2D eigenvalue weighted by Gasteiger charge is 2.34. The van der Waals surface area contributed by atoms with Crippen molar-refractivity contribution in [3.8, 4) is 0 Å². The van der Waals surface area contributed by atoms with Crippen molar-refractivity contribution in [1.82, 2.24) is 0 Å². The van der Waals surface area contributed by atoms with Crippen LogP contribution in [0.15, 0.2) is 18.2 Å². The molecule has 0 saturated heterocycles. The SMILES string of the molecule is NC(=O)C(O)C(O)c1ccc(N)c(C(F)(F)F)c1. The first-order chi connectivity index (χ1) is 8.14. The van der Waals surface area contributed by atoms with Gasteiger partial charge >= 0.3 is 6.18 Å². The van der Waals surface area contributed by atoms with Crippen molar-refractivity contribution in [2.45, 2.75) is 18.4 Å². The molecule has 1 rings (SSSR count). The van der Waals surface area contributed by atoms with Crippen molar-refractivity contribution in [2.75, 3.05) is 5.73 Å². The number of aliphatic hydroxyl groups excluding tert-OH is 2. The molecule has 0 saturated carbocycles. The lowest BCUT2D eigenvalue weighted by molar-refractivity contribution is -0.137. The molecule has 1 aromatic carbocycles. The number of alkyl halides is 3. The molecule has 0 aliphatic rings. The van der Waals surface area contributed by atoms with Crippen molar-refractivity contribution in [3.63, 3.8) is 0 Å². The van der Waals surface area contributed by atoms with E-state index in [1.165, 1.54) is 0 Å². The summed E-state index contributed by atoms with van der Waals surface area (Å²) in [6, 6.07) is 2.56. The van der Waals surface area contributed by atoms with Gasteiger partial charge in [0.05, 0.1) is 5.56 Å². The van der Waals surface area contributed by atoms with E-state index in [4.69, 9.17) is 11.5 Å². The molecule has 1 aromatic rings. The van der Waals surface area contributed by atoms with Crippen LogP contribution in [0.2, 0.25) is 0 Å². The number of carbonyl (C=O) groups is 1. The summed E-state index contributed by atoms with van der Waals surface area (Å²) in [6.45, 7) is 0. The van der Waals surface area contributed by atoms with E-state index in [9.17, 15) is 28.2 Å². The van der Waals surface area contributed by atoms with Crippen LogP contribution in [-0.4, -0.2) is 22.2 Å². The maximum absolute atomic E-state index is 12.5. The Morgan fingerprint density at radius 2 is 1.83 bits per heavy atom. The lowest BCUT2D eigenvalue weighted by atomic mass is 10.0. The van der Waals surface area contributed by atoms with E-state index in [-0.39, 0.29) is 5.56 Å². The molecule has 0 radical (unpaired) electrons. The summed E-state index contributed by atoms with van der Waals surface area (Å²) in [4.78, 5) is 10.6. The van der Waals surface area contributed by atoms with Crippen molar-refractivity contribution >= 4 is 11.6 Å². The van der Waals surface area contributed by atoms with Gasteiger partial charge in [0.25, 0.3) is 0 Å². The zero-order valence-electron chi connectivity index (χ0n) is 8.98. The largest absolute Gasteiger partial charge is 0.418 e. The predicted octanol–water partition coefficient (Wildman–Crippen LogP) is 0.167. The molecular weight excluding hydrogens is 253 g/mol. The molecule has 1 amide bonds. The van der Waals surface area contributed by atoms with E-state index >= 15 is 0 Å². The second kappa shape index (κ2) is 4.83. The Morgan fingerprint density at radius 3 is 2.28 bits per heavy atom. The van der Waals surface area contributed by atoms with E-state index in [0.29, 0.717) is 6.07 Å². The van der Waals surface area contributed by atoms with E-state index in [1.807, 2.05) is 0 Å². The highest BCUT2D eigenvalue weighted by Crippen LogP contribution is 2.35. The minimum absolute atomic E-state index is 0.303. The average molecular weight is 264 g/mol. The number of nitrogens with two attached hydrogens (primary N) is 2. The molecule has 2 unspecified atom stereocenters. The summed E-state index contributed by atoms with van der Waals surface area (Å²) in [5.74, 6) is -1.24. The Labute approximate surface area is 99.8 Å². The number of amides is 1. The van der Waals surface area contributed by atoms with Crippen molar-refractivity contribution in [1.29, 1.82) is 0 Å². The van der Waals surface area contributed by atoms with Gasteiger partial charge in [-0.25, -0.2) is 0 Å². The maximum Gasteiger partial charge on any atom is 0.418 e. The lowest BCUT2D eigenvalue weighted by Gasteiger charge is -2.17. The topological polar surface area (TPSA) is 110 Å². The molecule has 0 spiro atoms. The molecule has 0 fully saturated rings. The normalized spacial score (nSPS) is 15.2. The van der Waals surface area contributed by atoms with Crippen molar-refractivity contribution in [2.24, 2.45) is 5.73 Å². The summed E-state index contributed by atoms with van der Waals surface area (Å²) < 4.78 is 37.6. The minimum Gasteiger partial charge on any atom is -0.398 e. The highest BCUT2D eigenvalue weighted by molar-refractivity contribution is 5.79. The Morgan fingerprint density at radius 1 is 1.28 bits per heavy atom. The van der Waals surface area contributed by atoms with E-state index in [0.717, 1.165) is 12.1 Å². The van der Waals surface area contributed by atoms with Gasteiger partial charge in [-0.15, -0.1) is 0 Å². The molecule has 0 bridgehead atoms. The fraction of sp³-hybridized carbons (Fsp3) is 0.300. The van der Waals surface area contributed by atoms with Gasteiger partial charge in [0.1, 0.15) is 6.10 Å². The summed E-state index contributed by atoms with van der Waals surface area (Å²) in [5, 5.41) is 18.7. The third-order valence-electron chi connectivity index (χ3n) is 2.31. The molecule has 0 heterocycles. The van der Waals surface area contributed by atoms with Gasteiger partial charge in [0.15, 0.2) is 6.10 Å². The fourth-order valence-electron chi connectivity index (χ4n) is 1.34. The van der Waals surface area contributed by atoms with Crippen LogP contribution in [0.25, 0.3) is 0 Å². The van der Waals surface area contributed by atoms with E-state index in [2.05, 4.69) is 0 Å². The number of anilines is 1. The maximum atomic E-state index is 12.5. The van der Waals surface area contributed by atoms with Crippen LogP contribution in [0.3, 0.4) is 0 Å². The number of carbonyl (C=O) groups excluding carboxylic acids is 1. The highest BCUT2D eigenvalue weighted by atomic mass is 19.4. The summed E-state index contributed by atoms with van der Waals surface area (Å²) in [6.07, 6.45) is -8.53. The van der Waals surface area contributed by atoms with Crippen LogP contribution >= 0.6 is 0 Å². The Bertz CT molecular complexity index is 462. The van der Waals surface area contributed by atoms with Crippen LogP contribution in [0, 0.1) is 0 Å². The number of hydrogen-bond acceptors (Lipinski definition) is 4. The van der Waals surface area contributed by atoms with Gasteiger partial charge in [-0.2, -0.15) is 13.2 Å². The van der Waals surface area contributed by atoms with Gasteiger partial charge < -0.3 is 21.7 Å². The third kappa shape index (κ3) is 2.90. The molecular formula is C10H11F3N2O3. The Balaban J connectivity index is 3.17. The smallest absolute Gasteiger partial charge is 0.398 e. The van der Waals surface area contributed by atoms with Gasteiger partial charge in [-0.05, 0) is 17.7 Å². The van der Waals surface area contributed by atoms with E-state index < -0.39 is 35.5 Å². The molecule has 0 aliphatic heterocycles. The van der Waals surface area contributed by atoms with Gasteiger partial charge in [-0.3, -0.25) is 4.79 Å². The fourth-order valence-corrected chi connectivity index (χ4v) is 1.34. The Kier molecular flexibility index (Phi) is 3.82. The number of aliphatic hydroxyl groups is 2. The molecule has 8 heteroatoms. The minimum atomic E-state index is -4.70. The van der Waals surface area contributed by atoms with Gasteiger partial charge in [-0.1, -0.05) is 6.07 Å². The number of nitrogen functional groups attached to an aromatic ring is 1. The first kappa shape index (κ1) is 14.3. The number of rotatable bonds is 3. The molecule has 5 nitrogen and oxygen atoms in total. The van der Waals surface area contributed by atoms with E-state index in [1.54, 1.807) is 0 Å². The molecule has 0 aliphatic carbocycles. The van der Waals surface area contributed by atoms with Crippen LogP contribution < -0.4 is 11.5 Å². The zero-order valence-corrected chi connectivity index (χ0v) is 8.98. The second-order valence-corrected chi connectivity index (χ2v) is 3.64. The van der Waals surface area contributed by atoms with Crippen LogP contribution in [0.1, 0.15) is 17.2 Å². The van der Waals surface area contributed by atoms with Crippen LogP contribution in [0.4, 0.5) is 18.9 Å². The molecule has 18 heavy (non-hydrogen) atoms. The monoisotopic (exact) mass is 264 g/mol. The van der Waals surface area contributed by atoms with Gasteiger partial charge in [0.2, 0.25) is 5.91 Å². The second-order valence-electron chi connectivity index (χ2n) is 3.64. The van der Waals surface area contributed by atoms with Crippen molar-refractivity contribution in [3.05, 3.63) is 29.3 Å².